The van der Waals surface area contributed by atoms with Gasteiger partial charge >= 0.3 is 0 Å². The van der Waals surface area contributed by atoms with Gasteiger partial charge < -0.3 is 11.1 Å². The van der Waals surface area contributed by atoms with Crippen molar-refractivity contribution < 1.29 is 0 Å². The lowest BCUT2D eigenvalue weighted by Crippen LogP contribution is -2.13. The molecule has 0 saturated heterocycles. The van der Waals surface area contributed by atoms with Gasteiger partial charge in [0.15, 0.2) is 0 Å². The summed E-state index contributed by atoms with van der Waals surface area (Å²) in [5, 5.41) is 12.4. The van der Waals surface area contributed by atoms with Crippen LogP contribution in [0.25, 0.3) is 0 Å². The molecule has 2 aromatic carbocycles. The first-order chi connectivity index (χ1) is 9.41. The first-order valence-electron chi connectivity index (χ1n) is 6.58. The minimum Gasteiger partial charge on any atom is -0.398 e. The van der Waals surface area contributed by atoms with Crippen molar-refractivity contribution >= 4 is 17.1 Å². The van der Waals surface area contributed by atoms with Crippen LogP contribution in [0.3, 0.4) is 0 Å². The van der Waals surface area contributed by atoms with E-state index < -0.39 is 0 Å². The number of hydrogen-bond acceptors (Lipinski definition) is 3. The zero-order valence-corrected chi connectivity index (χ0v) is 12.1. The number of nitrogens with two attached hydrogens (primary N) is 1. The van der Waals surface area contributed by atoms with Gasteiger partial charge in [0.05, 0.1) is 5.56 Å². The molecule has 3 nitrogen and oxygen atoms in total. The predicted octanol–water partition coefficient (Wildman–Crippen LogP) is 4.18. The lowest BCUT2D eigenvalue weighted by Gasteiger charge is -2.23. The number of para-hydroxylation sites is 1. The van der Waals surface area contributed by atoms with Crippen LogP contribution in [0.5, 0.6) is 0 Å². The Hall–Kier alpha value is -2.47. The molecule has 0 fully saturated rings. The van der Waals surface area contributed by atoms with Crippen LogP contribution in [0.2, 0.25) is 0 Å². The van der Waals surface area contributed by atoms with Crippen LogP contribution >= 0.6 is 0 Å². The molecule has 102 valence electrons. The van der Waals surface area contributed by atoms with Gasteiger partial charge in [-0.05, 0) is 35.2 Å². The van der Waals surface area contributed by atoms with E-state index in [0.29, 0.717) is 11.3 Å². The molecule has 0 radical (unpaired) electrons. The highest BCUT2D eigenvalue weighted by atomic mass is 14.9. The van der Waals surface area contributed by atoms with E-state index in [4.69, 9.17) is 11.0 Å². The number of nitriles is 1. The highest BCUT2D eigenvalue weighted by Gasteiger charge is 2.17. The van der Waals surface area contributed by atoms with Gasteiger partial charge in [-0.25, -0.2) is 0 Å². The summed E-state index contributed by atoms with van der Waals surface area (Å²) < 4.78 is 0. The summed E-state index contributed by atoms with van der Waals surface area (Å²) in [5.41, 5.74) is 9.93. The Labute approximate surface area is 120 Å². The molecule has 3 heteroatoms. The van der Waals surface area contributed by atoms with Crippen LogP contribution in [-0.2, 0) is 5.41 Å². The number of anilines is 3. The van der Waals surface area contributed by atoms with Crippen LogP contribution in [0.4, 0.5) is 17.1 Å². The van der Waals surface area contributed by atoms with E-state index in [9.17, 15) is 0 Å². The Morgan fingerprint density at radius 2 is 1.80 bits per heavy atom. The predicted molar refractivity (Wildman–Crippen MR) is 84.0 cm³/mol. The van der Waals surface area contributed by atoms with Gasteiger partial charge in [0.25, 0.3) is 0 Å². The monoisotopic (exact) mass is 265 g/mol. The van der Waals surface area contributed by atoms with Gasteiger partial charge in [-0.2, -0.15) is 5.26 Å². The molecule has 0 aliphatic heterocycles. The molecule has 20 heavy (non-hydrogen) atoms. The molecule has 0 aliphatic carbocycles. The molecule has 2 rings (SSSR count). The van der Waals surface area contributed by atoms with Crippen molar-refractivity contribution in [1.82, 2.24) is 0 Å². The fourth-order valence-electron chi connectivity index (χ4n) is 2.13. The van der Waals surface area contributed by atoms with Crippen LogP contribution in [0.15, 0.2) is 42.5 Å². The molecule has 2 aromatic rings. The molecule has 0 aromatic heterocycles. The van der Waals surface area contributed by atoms with Crippen LogP contribution < -0.4 is 11.1 Å². The van der Waals surface area contributed by atoms with Crippen molar-refractivity contribution in [1.29, 1.82) is 5.26 Å². The number of nitrogens with one attached hydrogen (secondary N) is 1. The van der Waals surface area contributed by atoms with E-state index in [2.05, 4.69) is 38.2 Å². The molecular formula is C17H19N3. The summed E-state index contributed by atoms with van der Waals surface area (Å²) in [6.07, 6.45) is 0. The second kappa shape index (κ2) is 5.26. The van der Waals surface area contributed by atoms with Crippen molar-refractivity contribution in [2.75, 3.05) is 11.1 Å². The number of nitrogens with zero attached hydrogens (tertiary/aromatic N) is 1. The molecule has 3 N–H and O–H groups in total. The maximum atomic E-state index is 9.04. The third-order valence-corrected chi connectivity index (χ3v) is 3.19. The third kappa shape index (κ3) is 2.92. The maximum absolute atomic E-state index is 9.04. The Bertz CT molecular complexity index is 661. The van der Waals surface area contributed by atoms with Crippen LogP contribution in [0, 0.1) is 11.3 Å². The summed E-state index contributed by atoms with van der Waals surface area (Å²) >= 11 is 0. The Morgan fingerprint density at radius 1 is 1.10 bits per heavy atom. The molecule has 0 atom stereocenters. The largest absolute Gasteiger partial charge is 0.398 e. The number of rotatable bonds is 2. The molecule has 0 amide bonds. The highest BCUT2D eigenvalue weighted by molar-refractivity contribution is 5.69. The second-order valence-electron chi connectivity index (χ2n) is 5.83. The summed E-state index contributed by atoms with van der Waals surface area (Å²) in [6, 6.07) is 15.7. The van der Waals surface area contributed by atoms with E-state index in [1.54, 1.807) is 12.1 Å². The fraction of sp³-hybridized carbons (Fsp3) is 0.235. The van der Waals surface area contributed by atoms with E-state index in [-0.39, 0.29) is 5.41 Å². The van der Waals surface area contributed by atoms with Gasteiger partial charge in [0, 0.05) is 17.1 Å². The molecule has 0 saturated carbocycles. The maximum Gasteiger partial charge on any atom is 0.101 e. The van der Waals surface area contributed by atoms with Crippen molar-refractivity contribution in [3.63, 3.8) is 0 Å². The van der Waals surface area contributed by atoms with E-state index in [0.717, 1.165) is 11.4 Å². The lowest BCUT2D eigenvalue weighted by molar-refractivity contribution is 0.592. The molecule has 0 aliphatic rings. The van der Waals surface area contributed by atoms with Gasteiger partial charge in [0.2, 0.25) is 0 Å². The quantitative estimate of drug-likeness (QED) is 0.801. The van der Waals surface area contributed by atoms with Gasteiger partial charge in [0.1, 0.15) is 6.07 Å². The SMILES string of the molecule is CC(C)(C)c1ccccc1Nc1ccc(N)c(C#N)c1. The van der Waals surface area contributed by atoms with Crippen molar-refractivity contribution in [2.24, 2.45) is 0 Å². The van der Waals surface area contributed by atoms with Gasteiger partial charge in [-0.3, -0.25) is 0 Å². The topological polar surface area (TPSA) is 61.8 Å². The number of benzene rings is 2. The zero-order valence-electron chi connectivity index (χ0n) is 12.1. The Morgan fingerprint density at radius 3 is 2.45 bits per heavy atom. The third-order valence-electron chi connectivity index (χ3n) is 3.19. The summed E-state index contributed by atoms with van der Waals surface area (Å²) in [7, 11) is 0. The molecular weight excluding hydrogens is 246 g/mol. The Balaban J connectivity index is 2.39. The fourth-order valence-corrected chi connectivity index (χ4v) is 2.13. The van der Waals surface area contributed by atoms with E-state index in [1.807, 2.05) is 24.3 Å². The van der Waals surface area contributed by atoms with Crippen molar-refractivity contribution in [3.8, 4) is 6.07 Å². The minimum absolute atomic E-state index is 0.0511. The van der Waals surface area contributed by atoms with Gasteiger partial charge in [-0.1, -0.05) is 39.0 Å². The average Bonchev–Trinajstić information content (AvgIpc) is 2.40. The standard InChI is InChI=1S/C17H19N3/c1-17(2,3)14-6-4-5-7-16(14)20-13-8-9-15(19)12(10-13)11-18/h4-10,20H,19H2,1-3H3. The molecule has 0 heterocycles. The summed E-state index contributed by atoms with van der Waals surface area (Å²) in [5.74, 6) is 0. The normalized spacial score (nSPS) is 10.9. The lowest BCUT2D eigenvalue weighted by atomic mass is 9.86. The van der Waals surface area contributed by atoms with Gasteiger partial charge in [-0.15, -0.1) is 0 Å². The zero-order chi connectivity index (χ0) is 14.8. The summed E-state index contributed by atoms with van der Waals surface area (Å²) in [6.45, 7) is 6.53. The van der Waals surface area contributed by atoms with Crippen molar-refractivity contribution in [3.05, 3.63) is 53.6 Å². The number of nitrogen functional groups attached to an aromatic ring is 1. The van der Waals surface area contributed by atoms with Crippen LogP contribution in [-0.4, -0.2) is 0 Å². The number of hydrogen-bond donors (Lipinski definition) is 2. The minimum atomic E-state index is 0.0511. The first kappa shape index (κ1) is 14.0. The Kier molecular flexibility index (Phi) is 3.67. The van der Waals surface area contributed by atoms with Crippen LogP contribution in [0.1, 0.15) is 31.9 Å². The average molecular weight is 265 g/mol. The van der Waals surface area contributed by atoms with Crippen molar-refractivity contribution in [2.45, 2.75) is 26.2 Å². The smallest absolute Gasteiger partial charge is 0.101 e. The summed E-state index contributed by atoms with van der Waals surface area (Å²) in [4.78, 5) is 0. The second-order valence-corrected chi connectivity index (χ2v) is 5.83. The molecule has 0 unspecified atom stereocenters. The van der Waals surface area contributed by atoms with E-state index in [1.165, 1.54) is 5.56 Å². The highest BCUT2D eigenvalue weighted by Crippen LogP contribution is 2.31. The van der Waals surface area contributed by atoms with E-state index >= 15 is 0 Å². The molecule has 0 spiro atoms. The molecule has 0 bridgehead atoms. The first-order valence-corrected chi connectivity index (χ1v) is 6.58.